The number of fused-ring (bicyclic) bond motifs is 3. The van der Waals surface area contributed by atoms with E-state index in [4.69, 9.17) is 4.74 Å². The molecule has 3 rings (SSSR count). The van der Waals surface area contributed by atoms with Crippen LogP contribution >= 0.6 is 0 Å². The Balaban J connectivity index is 2.00. The van der Waals surface area contributed by atoms with Crippen molar-refractivity contribution in [2.24, 2.45) is 22.7 Å². The fourth-order valence-corrected chi connectivity index (χ4v) is 6.34. The van der Waals surface area contributed by atoms with Crippen molar-refractivity contribution in [3.8, 4) is 0 Å². The fraction of sp³-hybridized carbons (Fsp3) is 0.850. The molecule has 6 atom stereocenters. The predicted molar refractivity (Wildman–Crippen MR) is 91.1 cm³/mol. The highest BCUT2D eigenvalue weighted by molar-refractivity contribution is 5.85. The third-order valence-corrected chi connectivity index (χ3v) is 7.55. The molecule has 23 heavy (non-hydrogen) atoms. The Hall–Kier alpha value is -0.670. The zero-order chi connectivity index (χ0) is 17.3. The summed E-state index contributed by atoms with van der Waals surface area (Å²) >= 11 is 0. The van der Waals surface area contributed by atoms with Crippen molar-refractivity contribution >= 4 is 5.78 Å². The van der Waals surface area contributed by atoms with E-state index in [-0.39, 0.29) is 27.8 Å². The number of ether oxygens (including phenoxy) is 1. The molecule has 1 aliphatic heterocycles. The van der Waals surface area contributed by atoms with E-state index in [9.17, 15) is 9.90 Å². The number of hydrogen-bond donors (Lipinski definition) is 1. The predicted octanol–water partition coefficient (Wildman–Crippen LogP) is 3.89. The number of aliphatic hydroxyl groups excluding tert-OH is 1. The van der Waals surface area contributed by atoms with Crippen LogP contribution in [0.3, 0.4) is 0 Å². The number of aliphatic hydroxyl groups is 1. The molecule has 1 heterocycles. The Morgan fingerprint density at radius 2 is 1.74 bits per heavy atom. The topological polar surface area (TPSA) is 46.5 Å². The average Bonchev–Trinajstić information content (AvgIpc) is 2.43. The summed E-state index contributed by atoms with van der Waals surface area (Å²) in [7, 11) is 0. The van der Waals surface area contributed by atoms with E-state index < -0.39 is 6.10 Å². The minimum atomic E-state index is -0.826. The van der Waals surface area contributed by atoms with Gasteiger partial charge in [-0.15, -0.1) is 6.58 Å². The lowest BCUT2D eigenvalue weighted by atomic mass is 9.43. The van der Waals surface area contributed by atoms with Gasteiger partial charge in [-0.2, -0.15) is 0 Å². The largest absolute Gasteiger partial charge is 0.385 e. The quantitative estimate of drug-likeness (QED) is 0.746. The van der Waals surface area contributed by atoms with E-state index in [1.54, 1.807) is 0 Å². The summed E-state index contributed by atoms with van der Waals surface area (Å²) in [5.41, 5.74) is -0.910. The van der Waals surface area contributed by atoms with E-state index in [0.717, 1.165) is 25.7 Å². The van der Waals surface area contributed by atoms with Crippen LogP contribution in [0.4, 0.5) is 0 Å². The molecule has 2 saturated carbocycles. The first-order chi connectivity index (χ1) is 10.5. The van der Waals surface area contributed by atoms with Gasteiger partial charge in [-0.25, -0.2) is 0 Å². The summed E-state index contributed by atoms with van der Waals surface area (Å²) in [5.74, 6) is 0.727. The minimum absolute atomic E-state index is 0.00931. The molecular formula is C20H32O3. The second kappa shape index (κ2) is 4.92. The molecule has 0 amide bonds. The number of ketones is 1. The van der Waals surface area contributed by atoms with Gasteiger partial charge >= 0.3 is 0 Å². The molecule has 0 spiro atoms. The Morgan fingerprint density at radius 1 is 1.13 bits per heavy atom. The zero-order valence-corrected chi connectivity index (χ0v) is 15.3. The van der Waals surface area contributed by atoms with E-state index in [1.807, 2.05) is 6.08 Å². The lowest BCUT2D eigenvalue weighted by Gasteiger charge is -2.65. The normalized spacial score (nSPS) is 52.4. The number of carbonyl (C=O) groups excluding carboxylic acids is 1. The second-order valence-corrected chi connectivity index (χ2v) is 9.49. The first kappa shape index (κ1) is 17.2. The van der Waals surface area contributed by atoms with Crippen LogP contribution < -0.4 is 0 Å². The van der Waals surface area contributed by atoms with Crippen LogP contribution in [-0.4, -0.2) is 28.2 Å². The van der Waals surface area contributed by atoms with E-state index in [0.29, 0.717) is 18.3 Å². The van der Waals surface area contributed by atoms with Gasteiger partial charge in [0.2, 0.25) is 0 Å². The van der Waals surface area contributed by atoms with Gasteiger partial charge in [-0.3, -0.25) is 4.79 Å². The van der Waals surface area contributed by atoms with Crippen molar-refractivity contribution in [1.29, 1.82) is 0 Å². The number of hydrogen-bond acceptors (Lipinski definition) is 3. The molecular weight excluding hydrogens is 288 g/mol. The highest BCUT2D eigenvalue weighted by Crippen LogP contribution is 2.64. The molecule has 0 aromatic carbocycles. The second-order valence-electron chi connectivity index (χ2n) is 9.49. The van der Waals surface area contributed by atoms with E-state index >= 15 is 0 Å². The Labute approximate surface area is 140 Å². The van der Waals surface area contributed by atoms with E-state index in [2.05, 4.69) is 41.2 Å². The molecule has 2 aliphatic carbocycles. The van der Waals surface area contributed by atoms with Gasteiger partial charge in [0.1, 0.15) is 6.10 Å². The lowest BCUT2D eigenvalue weighted by molar-refractivity contribution is -0.257. The molecule has 0 unspecified atom stereocenters. The molecule has 3 aliphatic rings. The van der Waals surface area contributed by atoms with E-state index in [1.165, 1.54) is 0 Å². The molecule has 3 heteroatoms. The van der Waals surface area contributed by atoms with Crippen LogP contribution in [-0.2, 0) is 9.53 Å². The average molecular weight is 320 g/mol. The summed E-state index contributed by atoms with van der Waals surface area (Å²) in [5, 5.41) is 10.4. The Morgan fingerprint density at radius 3 is 2.35 bits per heavy atom. The molecule has 1 N–H and O–H groups in total. The molecule has 130 valence electrons. The van der Waals surface area contributed by atoms with Crippen LogP contribution in [0.15, 0.2) is 12.7 Å². The van der Waals surface area contributed by atoms with Gasteiger partial charge in [-0.05, 0) is 56.8 Å². The van der Waals surface area contributed by atoms with Gasteiger partial charge in [0.25, 0.3) is 0 Å². The van der Waals surface area contributed by atoms with Crippen LogP contribution in [0.1, 0.15) is 66.7 Å². The highest BCUT2D eigenvalue weighted by Gasteiger charge is 2.64. The zero-order valence-electron chi connectivity index (χ0n) is 15.3. The SMILES string of the molecule is C=C[C@@]1(C)CC[C@@H]2[C@@]3(C)CC(=O)[C@H](O)C(C)(C)[C@@H]3CC[C@@]2(C)O1. The van der Waals surface area contributed by atoms with Crippen LogP contribution in [0.25, 0.3) is 0 Å². The molecule has 0 aromatic heterocycles. The maximum atomic E-state index is 12.5. The maximum Gasteiger partial charge on any atom is 0.162 e. The van der Waals surface area contributed by atoms with Gasteiger partial charge in [-0.1, -0.05) is 26.8 Å². The molecule has 3 fully saturated rings. The molecule has 0 radical (unpaired) electrons. The number of Topliss-reactive ketones (excluding diaryl/α,β-unsaturated/α-hetero) is 1. The van der Waals surface area contributed by atoms with Gasteiger partial charge in [0, 0.05) is 11.8 Å². The molecule has 0 bridgehead atoms. The monoisotopic (exact) mass is 320 g/mol. The first-order valence-electron chi connectivity index (χ1n) is 9.03. The third-order valence-electron chi connectivity index (χ3n) is 7.55. The molecule has 1 saturated heterocycles. The lowest BCUT2D eigenvalue weighted by Crippen LogP contribution is -2.66. The van der Waals surface area contributed by atoms with Gasteiger partial charge < -0.3 is 9.84 Å². The van der Waals surface area contributed by atoms with Crippen LogP contribution in [0.5, 0.6) is 0 Å². The fourth-order valence-electron chi connectivity index (χ4n) is 6.34. The Bertz CT molecular complexity index is 539. The first-order valence-corrected chi connectivity index (χ1v) is 9.03. The highest BCUT2D eigenvalue weighted by atomic mass is 16.5. The van der Waals surface area contributed by atoms with Crippen molar-refractivity contribution in [2.75, 3.05) is 0 Å². The molecule has 3 nitrogen and oxygen atoms in total. The van der Waals surface area contributed by atoms with Crippen molar-refractivity contribution < 1.29 is 14.6 Å². The van der Waals surface area contributed by atoms with Crippen molar-refractivity contribution in [3.05, 3.63) is 12.7 Å². The summed E-state index contributed by atoms with van der Waals surface area (Å²) in [6.45, 7) is 14.7. The Kier molecular flexibility index (Phi) is 3.67. The molecule has 0 aromatic rings. The van der Waals surface area contributed by atoms with Crippen molar-refractivity contribution in [1.82, 2.24) is 0 Å². The summed E-state index contributed by atoms with van der Waals surface area (Å²) in [6.07, 6.45) is 5.61. The summed E-state index contributed by atoms with van der Waals surface area (Å²) in [4.78, 5) is 12.5. The number of rotatable bonds is 1. The summed E-state index contributed by atoms with van der Waals surface area (Å²) in [6, 6.07) is 0. The summed E-state index contributed by atoms with van der Waals surface area (Å²) < 4.78 is 6.57. The van der Waals surface area contributed by atoms with Crippen LogP contribution in [0, 0.1) is 22.7 Å². The third kappa shape index (κ3) is 2.26. The van der Waals surface area contributed by atoms with Crippen LogP contribution in [0.2, 0.25) is 0 Å². The minimum Gasteiger partial charge on any atom is -0.385 e. The van der Waals surface area contributed by atoms with Crippen molar-refractivity contribution in [3.63, 3.8) is 0 Å². The van der Waals surface area contributed by atoms with Crippen molar-refractivity contribution in [2.45, 2.75) is 84.0 Å². The van der Waals surface area contributed by atoms with Gasteiger partial charge in [0.05, 0.1) is 11.2 Å². The standard InChI is InChI=1S/C20H32O3/c1-7-18(4)10-8-15-19(5)12-13(21)16(22)17(2,3)14(19)9-11-20(15,6)23-18/h7,14-16,22H,1,8-12H2,2-6H3/t14-,15+,16-,18-,19-,20+/m0/s1. The smallest absolute Gasteiger partial charge is 0.162 e. The number of carbonyl (C=O) groups is 1. The maximum absolute atomic E-state index is 12.5. The van der Waals surface area contributed by atoms with Gasteiger partial charge in [0.15, 0.2) is 5.78 Å².